The van der Waals surface area contributed by atoms with Gasteiger partial charge in [-0.1, -0.05) is 13.3 Å². The first-order valence-corrected chi connectivity index (χ1v) is 4.37. The lowest BCUT2D eigenvalue weighted by atomic mass is 10.3. The third-order valence-electron chi connectivity index (χ3n) is 1.23. The van der Waals surface area contributed by atoms with Crippen molar-refractivity contribution in [3.63, 3.8) is 0 Å². The molecule has 0 amide bonds. The molecular weight excluding hydrogens is 144 g/mol. The summed E-state index contributed by atoms with van der Waals surface area (Å²) in [6.07, 6.45) is 2.43. The van der Waals surface area contributed by atoms with Gasteiger partial charge in [-0.15, -0.1) is 11.3 Å². The lowest BCUT2D eigenvalue weighted by Crippen LogP contribution is -2.00. The van der Waals surface area contributed by atoms with E-state index in [-0.39, 0.29) is 0 Å². The van der Waals surface area contributed by atoms with Crippen molar-refractivity contribution in [3.8, 4) is 0 Å². The molecule has 0 unspecified atom stereocenters. The summed E-state index contributed by atoms with van der Waals surface area (Å²) in [5, 5.41) is 5.16. The van der Waals surface area contributed by atoms with Crippen LogP contribution in [0.5, 0.6) is 0 Å². The van der Waals surface area contributed by atoms with Gasteiger partial charge in [0.05, 0.1) is 0 Å². The Morgan fingerprint density at radius 2 is 2.70 bits per heavy atom. The number of rotatable bonds is 4. The Hall–Kier alpha value is -0.570. The van der Waals surface area contributed by atoms with Gasteiger partial charge in [0, 0.05) is 11.9 Å². The fraction of sp³-hybridized carbons (Fsp3) is 0.571. The smallest absolute Gasteiger partial charge is 0.154 e. The zero-order chi connectivity index (χ0) is 7.23. The van der Waals surface area contributed by atoms with E-state index in [0.717, 1.165) is 12.4 Å². The van der Waals surface area contributed by atoms with Gasteiger partial charge in [-0.25, -0.2) is 4.98 Å². The minimum absolute atomic E-state index is 0.957. The van der Waals surface area contributed by atoms with Crippen LogP contribution in [-0.2, 0) is 0 Å². The Balaban J connectivity index is 2.15. The van der Waals surface area contributed by atoms with Crippen molar-refractivity contribution in [1.29, 1.82) is 0 Å². The van der Waals surface area contributed by atoms with E-state index in [0.29, 0.717) is 0 Å². The Bertz CT molecular complexity index is 160. The second-order valence-electron chi connectivity index (χ2n) is 2.10. The minimum Gasteiger partial charge on any atom is -0.369 e. The molecule has 0 aliphatic rings. The first kappa shape index (κ1) is 7.54. The molecule has 1 radical (unpaired) electrons. The summed E-state index contributed by atoms with van der Waals surface area (Å²) in [7, 11) is 0. The summed E-state index contributed by atoms with van der Waals surface area (Å²) in [5.74, 6) is 0.957. The highest BCUT2D eigenvalue weighted by atomic mass is 32.1. The normalized spacial score (nSPS) is 9.70. The summed E-state index contributed by atoms with van der Waals surface area (Å²) in [6.45, 7) is 3.20. The molecular formula is C7H11N2S. The second-order valence-corrected chi connectivity index (χ2v) is 2.76. The molecule has 0 aliphatic heterocycles. The lowest BCUT2D eigenvalue weighted by Gasteiger charge is -1.98. The highest BCUT2D eigenvalue weighted by Crippen LogP contribution is 2.05. The fourth-order valence-corrected chi connectivity index (χ4v) is 1.11. The van der Waals surface area contributed by atoms with Crippen LogP contribution in [-0.4, -0.2) is 11.5 Å². The number of unbranched alkanes of at least 4 members (excludes halogenated alkanes) is 1. The molecule has 0 bridgehead atoms. The summed E-state index contributed by atoms with van der Waals surface area (Å²) < 4.78 is 0. The Morgan fingerprint density at radius 1 is 1.80 bits per heavy atom. The van der Waals surface area contributed by atoms with Crippen LogP contribution in [0.1, 0.15) is 19.8 Å². The number of aromatic nitrogens is 1. The average molecular weight is 155 g/mol. The molecule has 2 nitrogen and oxygen atoms in total. The minimum atomic E-state index is 0.957. The summed E-state index contributed by atoms with van der Waals surface area (Å²) in [6, 6.07) is 0. The van der Waals surface area contributed by atoms with Gasteiger partial charge in [0.1, 0.15) is 5.82 Å². The van der Waals surface area contributed by atoms with E-state index in [1.165, 1.54) is 24.2 Å². The highest BCUT2D eigenvalue weighted by molar-refractivity contribution is 7.07. The van der Waals surface area contributed by atoms with Crippen LogP contribution in [0.4, 0.5) is 5.82 Å². The van der Waals surface area contributed by atoms with Gasteiger partial charge < -0.3 is 5.32 Å². The van der Waals surface area contributed by atoms with Gasteiger partial charge in [0.2, 0.25) is 0 Å². The Kier molecular flexibility index (Phi) is 3.22. The number of anilines is 1. The topological polar surface area (TPSA) is 24.9 Å². The summed E-state index contributed by atoms with van der Waals surface area (Å²) in [4.78, 5) is 3.97. The molecule has 0 spiro atoms. The Morgan fingerprint density at radius 3 is 3.30 bits per heavy atom. The Labute approximate surface area is 65.3 Å². The van der Waals surface area contributed by atoms with Crippen molar-refractivity contribution in [2.45, 2.75) is 19.8 Å². The maximum Gasteiger partial charge on any atom is 0.154 e. The van der Waals surface area contributed by atoms with Crippen molar-refractivity contribution >= 4 is 17.2 Å². The van der Waals surface area contributed by atoms with Gasteiger partial charge in [0.15, 0.2) is 5.51 Å². The molecule has 55 valence electrons. The molecule has 10 heavy (non-hydrogen) atoms. The number of hydrogen-bond donors (Lipinski definition) is 1. The van der Waals surface area contributed by atoms with E-state index >= 15 is 0 Å². The largest absolute Gasteiger partial charge is 0.369 e. The number of thiazole rings is 1. The number of nitrogens with zero attached hydrogens (tertiary/aromatic N) is 1. The zero-order valence-electron chi connectivity index (χ0n) is 6.05. The first-order chi connectivity index (χ1) is 4.93. The van der Waals surface area contributed by atoms with E-state index < -0.39 is 0 Å². The van der Waals surface area contributed by atoms with Crippen LogP contribution < -0.4 is 5.32 Å². The molecule has 0 aromatic carbocycles. The van der Waals surface area contributed by atoms with Crippen LogP contribution in [0, 0.1) is 5.51 Å². The molecule has 3 heteroatoms. The van der Waals surface area contributed by atoms with Crippen LogP contribution in [0.25, 0.3) is 0 Å². The van der Waals surface area contributed by atoms with Crippen molar-refractivity contribution in [2.24, 2.45) is 0 Å². The van der Waals surface area contributed by atoms with Crippen molar-refractivity contribution in [2.75, 3.05) is 11.9 Å². The highest BCUT2D eigenvalue weighted by Gasteiger charge is 1.90. The van der Waals surface area contributed by atoms with Gasteiger partial charge in [-0.3, -0.25) is 0 Å². The average Bonchev–Trinajstić information content (AvgIpc) is 2.41. The molecule has 0 saturated carbocycles. The SMILES string of the molecule is CCCCNc1cs[c]n1. The van der Waals surface area contributed by atoms with Crippen molar-refractivity contribution in [1.82, 2.24) is 4.98 Å². The molecule has 0 fully saturated rings. The molecule has 0 atom stereocenters. The second kappa shape index (κ2) is 4.28. The van der Waals surface area contributed by atoms with Gasteiger partial charge >= 0.3 is 0 Å². The van der Waals surface area contributed by atoms with E-state index in [1.54, 1.807) is 0 Å². The third kappa shape index (κ3) is 2.35. The zero-order valence-corrected chi connectivity index (χ0v) is 6.87. The monoisotopic (exact) mass is 155 g/mol. The van der Waals surface area contributed by atoms with Crippen LogP contribution in [0.15, 0.2) is 5.38 Å². The van der Waals surface area contributed by atoms with Crippen LogP contribution in [0.2, 0.25) is 0 Å². The summed E-state index contributed by atoms with van der Waals surface area (Å²) in [5.41, 5.74) is 2.79. The standard InChI is InChI=1S/C7H11N2S/c1-2-3-4-8-7-5-10-6-9-7/h5,8H,2-4H2,1H3. The molecule has 0 saturated heterocycles. The molecule has 1 heterocycles. The van der Waals surface area contributed by atoms with Crippen molar-refractivity contribution in [3.05, 3.63) is 10.9 Å². The molecule has 0 aliphatic carbocycles. The first-order valence-electron chi connectivity index (χ1n) is 3.49. The number of hydrogen-bond acceptors (Lipinski definition) is 3. The van der Waals surface area contributed by atoms with Crippen LogP contribution in [0.3, 0.4) is 0 Å². The van der Waals surface area contributed by atoms with E-state index in [4.69, 9.17) is 0 Å². The maximum atomic E-state index is 3.97. The van der Waals surface area contributed by atoms with E-state index in [1.807, 2.05) is 5.38 Å². The van der Waals surface area contributed by atoms with Crippen molar-refractivity contribution < 1.29 is 0 Å². The fourth-order valence-electron chi connectivity index (χ4n) is 0.658. The quantitative estimate of drug-likeness (QED) is 0.674. The van der Waals surface area contributed by atoms with E-state index in [2.05, 4.69) is 22.7 Å². The predicted molar refractivity (Wildman–Crippen MR) is 44.3 cm³/mol. The predicted octanol–water partition coefficient (Wildman–Crippen LogP) is 2.16. The van der Waals surface area contributed by atoms with Gasteiger partial charge in [-0.2, -0.15) is 0 Å². The van der Waals surface area contributed by atoms with Gasteiger partial charge in [0.25, 0.3) is 0 Å². The third-order valence-corrected chi connectivity index (χ3v) is 1.76. The van der Waals surface area contributed by atoms with Crippen LogP contribution >= 0.6 is 11.3 Å². The molecule has 1 N–H and O–H groups in total. The molecule has 1 aromatic rings. The lowest BCUT2D eigenvalue weighted by molar-refractivity contribution is 0.832. The van der Waals surface area contributed by atoms with E-state index in [9.17, 15) is 0 Å². The summed E-state index contributed by atoms with van der Waals surface area (Å²) >= 11 is 1.50. The van der Waals surface area contributed by atoms with Gasteiger partial charge in [-0.05, 0) is 6.42 Å². The number of nitrogens with one attached hydrogen (secondary N) is 1. The molecule has 1 aromatic heterocycles. The maximum absolute atomic E-state index is 3.97. The molecule has 1 rings (SSSR count).